The number of fused-ring (bicyclic) bond motifs is 1. The van der Waals surface area contributed by atoms with E-state index in [1.54, 1.807) is 31.4 Å². The number of aromatic nitrogens is 2. The van der Waals surface area contributed by atoms with E-state index in [9.17, 15) is 9.18 Å². The lowest BCUT2D eigenvalue weighted by atomic mass is 10.2. The van der Waals surface area contributed by atoms with Gasteiger partial charge in [0.05, 0.1) is 36.1 Å². The Kier molecular flexibility index (Phi) is 6.26. The third-order valence-corrected chi connectivity index (χ3v) is 3.53. The maximum absolute atomic E-state index is 12.7. The SMILES string of the molecule is COCCn1c(C/C=C/C=C(C)F)nc2ccc(C(=O)OC)cc21. The van der Waals surface area contributed by atoms with Crippen molar-refractivity contribution >= 4 is 17.0 Å². The third kappa shape index (κ3) is 4.29. The van der Waals surface area contributed by atoms with Gasteiger partial charge in [-0.15, -0.1) is 0 Å². The number of methoxy groups -OCH3 is 2. The van der Waals surface area contributed by atoms with Crippen LogP contribution in [0.15, 0.2) is 42.3 Å². The molecule has 6 heteroatoms. The van der Waals surface area contributed by atoms with Gasteiger partial charge in [-0.1, -0.05) is 12.2 Å². The van der Waals surface area contributed by atoms with Crippen molar-refractivity contribution in [2.45, 2.75) is 19.9 Å². The van der Waals surface area contributed by atoms with Crippen LogP contribution in [0.25, 0.3) is 11.0 Å². The van der Waals surface area contributed by atoms with Crippen molar-refractivity contribution < 1.29 is 18.7 Å². The van der Waals surface area contributed by atoms with Gasteiger partial charge in [-0.05, 0) is 31.2 Å². The van der Waals surface area contributed by atoms with Crippen LogP contribution in [0.3, 0.4) is 0 Å². The summed E-state index contributed by atoms with van der Waals surface area (Å²) in [4.78, 5) is 16.3. The number of carbonyl (C=O) groups is 1. The highest BCUT2D eigenvalue weighted by Crippen LogP contribution is 2.19. The second-order valence-corrected chi connectivity index (χ2v) is 5.25. The fourth-order valence-electron chi connectivity index (χ4n) is 2.38. The van der Waals surface area contributed by atoms with E-state index >= 15 is 0 Å². The highest BCUT2D eigenvalue weighted by Gasteiger charge is 2.13. The van der Waals surface area contributed by atoms with E-state index in [0.29, 0.717) is 25.1 Å². The first-order chi connectivity index (χ1) is 11.6. The number of esters is 1. The van der Waals surface area contributed by atoms with E-state index in [-0.39, 0.29) is 11.8 Å². The highest BCUT2D eigenvalue weighted by atomic mass is 19.1. The van der Waals surface area contributed by atoms with Crippen LogP contribution in [0.1, 0.15) is 23.1 Å². The predicted octanol–water partition coefficient (Wildman–Crippen LogP) is 3.44. The van der Waals surface area contributed by atoms with Crippen LogP contribution in [0.5, 0.6) is 0 Å². The van der Waals surface area contributed by atoms with E-state index < -0.39 is 0 Å². The first-order valence-corrected chi connectivity index (χ1v) is 7.62. The van der Waals surface area contributed by atoms with E-state index in [4.69, 9.17) is 9.47 Å². The lowest BCUT2D eigenvalue weighted by molar-refractivity contribution is 0.0601. The van der Waals surface area contributed by atoms with Gasteiger partial charge in [-0.25, -0.2) is 14.2 Å². The molecule has 1 aromatic carbocycles. The molecule has 2 aromatic rings. The number of halogens is 1. The number of allylic oxidation sites excluding steroid dienone is 4. The van der Waals surface area contributed by atoms with E-state index in [1.165, 1.54) is 20.1 Å². The van der Waals surface area contributed by atoms with Gasteiger partial charge < -0.3 is 14.0 Å². The Balaban J connectivity index is 2.40. The molecule has 0 aliphatic carbocycles. The van der Waals surface area contributed by atoms with Crippen LogP contribution in [-0.2, 0) is 22.4 Å². The van der Waals surface area contributed by atoms with Gasteiger partial charge in [0.1, 0.15) is 5.82 Å². The monoisotopic (exact) mass is 332 g/mol. The summed E-state index contributed by atoms with van der Waals surface area (Å²) >= 11 is 0. The molecule has 0 saturated heterocycles. The van der Waals surface area contributed by atoms with Crippen LogP contribution in [0.4, 0.5) is 4.39 Å². The van der Waals surface area contributed by atoms with Crippen molar-refractivity contribution in [3.63, 3.8) is 0 Å². The second kappa shape index (κ2) is 8.40. The van der Waals surface area contributed by atoms with Gasteiger partial charge >= 0.3 is 5.97 Å². The van der Waals surface area contributed by atoms with Gasteiger partial charge in [-0.2, -0.15) is 0 Å². The molecule has 0 bridgehead atoms. The number of imidazole rings is 1. The fraction of sp³-hybridized carbons (Fsp3) is 0.333. The van der Waals surface area contributed by atoms with Gasteiger partial charge in [0.25, 0.3) is 0 Å². The van der Waals surface area contributed by atoms with Gasteiger partial charge in [0.15, 0.2) is 0 Å². The zero-order valence-corrected chi connectivity index (χ0v) is 14.1. The van der Waals surface area contributed by atoms with Crippen molar-refractivity contribution in [3.05, 3.63) is 53.6 Å². The minimum Gasteiger partial charge on any atom is -0.465 e. The van der Waals surface area contributed by atoms with Gasteiger partial charge in [-0.3, -0.25) is 0 Å². The summed E-state index contributed by atoms with van der Waals surface area (Å²) < 4.78 is 24.7. The Morgan fingerprint density at radius 2 is 2.17 bits per heavy atom. The van der Waals surface area contributed by atoms with E-state index in [1.807, 2.05) is 10.6 Å². The predicted molar refractivity (Wildman–Crippen MR) is 90.7 cm³/mol. The molecule has 2 rings (SSSR count). The lowest BCUT2D eigenvalue weighted by Gasteiger charge is -2.08. The van der Waals surface area contributed by atoms with Gasteiger partial charge in [0.2, 0.25) is 0 Å². The van der Waals surface area contributed by atoms with E-state index in [0.717, 1.165) is 16.9 Å². The van der Waals surface area contributed by atoms with Crippen LogP contribution in [0.2, 0.25) is 0 Å². The number of benzene rings is 1. The number of carbonyl (C=O) groups excluding carboxylic acids is 1. The smallest absolute Gasteiger partial charge is 0.337 e. The first-order valence-electron chi connectivity index (χ1n) is 7.62. The van der Waals surface area contributed by atoms with Crippen LogP contribution < -0.4 is 0 Å². The molecule has 0 fully saturated rings. The average molecular weight is 332 g/mol. The third-order valence-electron chi connectivity index (χ3n) is 3.53. The summed E-state index contributed by atoms with van der Waals surface area (Å²) in [5.74, 6) is 0.188. The minimum atomic E-state index is -0.388. The minimum absolute atomic E-state index is 0.248. The summed E-state index contributed by atoms with van der Waals surface area (Å²) in [6.07, 6.45) is 5.46. The van der Waals surface area contributed by atoms with Crippen molar-refractivity contribution in [1.82, 2.24) is 9.55 Å². The molecule has 0 aliphatic rings. The van der Waals surface area contributed by atoms with Crippen molar-refractivity contribution in [3.8, 4) is 0 Å². The molecule has 0 atom stereocenters. The topological polar surface area (TPSA) is 53.4 Å². The lowest BCUT2D eigenvalue weighted by Crippen LogP contribution is -2.08. The molecule has 1 aromatic heterocycles. The molecule has 0 radical (unpaired) electrons. The number of rotatable bonds is 7. The van der Waals surface area contributed by atoms with Crippen molar-refractivity contribution in [2.24, 2.45) is 0 Å². The first kappa shape index (κ1) is 17.9. The fourth-order valence-corrected chi connectivity index (χ4v) is 2.38. The Bertz CT molecular complexity index is 774. The summed E-state index contributed by atoms with van der Waals surface area (Å²) in [6, 6.07) is 5.25. The molecule has 24 heavy (non-hydrogen) atoms. The quantitative estimate of drug-likeness (QED) is 0.576. The zero-order chi connectivity index (χ0) is 17.5. The molecule has 0 spiro atoms. The molecular weight excluding hydrogens is 311 g/mol. The van der Waals surface area contributed by atoms with E-state index in [2.05, 4.69) is 4.98 Å². The largest absolute Gasteiger partial charge is 0.465 e. The summed E-state index contributed by atoms with van der Waals surface area (Å²) in [5, 5.41) is 0. The molecule has 0 aliphatic heterocycles. The normalized spacial score (nSPS) is 12.2. The maximum atomic E-state index is 12.7. The standard InChI is InChI=1S/C18H21FN2O3/c1-13(19)6-4-5-7-17-20-15-9-8-14(18(22)24-3)12-16(15)21(17)10-11-23-2/h4-6,8-9,12H,7,10-11H2,1-3H3/b5-4+,13-6?. The molecule has 0 amide bonds. The Morgan fingerprint density at radius 1 is 1.38 bits per heavy atom. The number of ether oxygens (including phenoxy) is 2. The molecule has 0 N–H and O–H groups in total. The maximum Gasteiger partial charge on any atom is 0.337 e. The number of hydrogen-bond donors (Lipinski definition) is 0. The van der Waals surface area contributed by atoms with Crippen LogP contribution in [0, 0.1) is 0 Å². The Morgan fingerprint density at radius 3 is 2.83 bits per heavy atom. The summed E-state index contributed by atoms with van der Waals surface area (Å²) in [6.45, 7) is 2.53. The van der Waals surface area contributed by atoms with Crippen molar-refractivity contribution in [2.75, 3.05) is 20.8 Å². The van der Waals surface area contributed by atoms with Crippen LogP contribution >= 0.6 is 0 Å². The molecular formula is C18H21FN2O3. The second-order valence-electron chi connectivity index (χ2n) is 5.25. The molecule has 0 saturated carbocycles. The molecule has 128 valence electrons. The highest BCUT2D eigenvalue weighted by molar-refractivity contribution is 5.93. The van der Waals surface area contributed by atoms with Crippen LogP contribution in [-0.4, -0.2) is 36.3 Å². The summed E-state index contributed by atoms with van der Waals surface area (Å²) in [7, 11) is 2.98. The molecule has 0 unspecified atom stereocenters. The zero-order valence-electron chi connectivity index (χ0n) is 14.1. The summed E-state index contributed by atoms with van der Waals surface area (Å²) in [5.41, 5.74) is 2.11. The number of nitrogens with zero attached hydrogens (tertiary/aromatic N) is 2. The Labute approximate surface area is 140 Å². The molecule has 5 nitrogen and oxygen atoms in total. The number of hydrogen-bond acceptors (Lipinski definition) is 4. The Hall–Kier alpha value is -2.47. The van der Waals surface area contributed by atoms with Crippen molar-refractivity contribution in [1.29, 1.82) is 0 Å². The average Bonchev–Trinajstić information content (AvgIpc) is 2.92. The van der Waals surface area contributed by atoms with Gasteiger partial charge in [0, 0.05) is 20.1 Å². The molecule has 1 heterocycles.